The summed E-state index contributed by atoms with van der Waals surface area (Å²) in [6, 6.07) is 42.5. The lowest BCUT2D eigenvalue weighted by Crippen LogP contribution is -2.53. The highest BCUT2D eigenvalue weighted by Crippen LogP contribution is 2.34. The van der Waals surface area contributed by atoms with E-state index in [2.05, 4.69) is 22.5 Å². The number of halogens is 3. The molecule has 5 aromatic carbocycles. The molecular weight excluding hydrogens is 727 g/mol. The van der Waals surface area contributed by atoms with E-state index in [4.69, 9.17) is 25.1 Å². The topological polar surface area (TPSA) is 138 Å². The van der Waals surface area contributed by atoms with Crippen LogP contribution in [-0.4, -0.2) is 60.3 Å². The third-order valence-corrected chi connectivity index (χ3v) is 8.55. The summed E-state index contributed by atoms with van der Waals surface area (Å²) in [7, 11) is 0. The smallest absolute Gasteiger partial charge is 0.475 e. The number of carboxylic acid groups (broad SMARTS) is 1. The maximum absolute atomic E-state index is 14.0. The van der Waals surface area contributed by atoms with Crippen LogP contribution in [0.1, 0.15) is 24.0 Å². The Morgan fingerprint density at radius 1 is 0.696 bits per heavy atom. The van der Waals surface area contributed by atoms with Gasteiger partial charge in [0.15, 0.2) is 5.75 Å². The molecule has 5 aromatic rings. The lowest BCUT2D eigenvalue weighted by molar-refractivity contribution is -0.192. The normalized spacial score (nSPS) is 12.8. The Balaban J connectivity index is 0.000000784. The number of alkyl halides is 3. The number of hydrogen-bond acceptors (Lipinski definition) is 8. The molecule has 0 spiro atoms. The van der Waals surface area contributed by atoms with Crippen molar-refractivity contribution < 1.29 is 42.1 Å². The molecule has 0 radical (unpaired) electrons. The minimum Gasteiger partial charge on any atom is -0.475 e. The van der Waals surface area contributed by atoms with Crippen LogP contribution in [0.25, 0.3) is 0 Å². The molecule has 1 heterocycles. The third kappa shape index (κ3) is 12.3. The molecule has 0 atom stereocenters. The number of nitrogens with one attached hydrogen (secondary N) is 1. The van der Waals surface area contributed by atoms with Crippen LogP contribution in [0.15, 0.2) is 133 Å². The Morgan fingerprint density at radius 2 is 1.29 bits per heavy atom. The molecule has 6 rings (SSSR count). The first-order valence-electron chi connectivity index (χ1n) is 17.8. The molecular formula is C42H42F3N5O6. The molecule has 56 heavy (non-hydrogen) atoms. The van der Waals surface area contributed by atoms with Crippen molar-refractivity contribution in [2.24, 2.45) is 5.73 Å². The lowest BCUT2D eigenvalue weighted by atomic mass is 10.1. The van der Waals surface area contributed by atoms with E-state index in [9.17, 15) is 22.8 Å². The van der Waals surface area contributed by atoms with Gasteiger partial charge in [-0.05, 0) is 71.8 Å². The van der Waals surface area contributed by atoms with Gasteiger partial charge in [0.2, 0.25) is 11.8 Å². The van der Waals surface area contributed by atoms with Gasteiger partial charge in [-0.1, -0.05) is 72.8 Å². The summed E-state index contributed by atoms with van der Waals surface area (Å²) in [6.45, 7) is 3.66. The Hall–Kier alpha value is -6.38. The fourth-order valence-electron chi connectivity index (χ4n) is 5.71. The summed E-state index contributed by atoms with van der Waals surface area (Å²) in [5.41, 5.74) is 12.5. The first-order chi connectivity index (χ1) is 27.0. The Labute approximate surface area is 322 Å². The van der Waals surface area contributed by atoms with E-state index in [1.54, 1.807) is 4.90 Å². The van der Waals surface area contributed by atoms with Crippen LogP contribution in [0.4, 0.5) is 24.5 Å². The monoisotopic (exact) mass is 769 g/mol. The van der Waals surface area contributed by atoms with Gasteiger partial charge < -0.3 is 30.1 Å². The van der Waals surface area contributed by atoms with Crippen molar-refractivity contribution in [3.8, 4) is 23.0 Å². The number of carbonyl (C=O) groups is 3. The maximum atomic E-state index is 14.0. The van der Waals surface area contributed by atoms with Gasteiger partial charge in [0, 0.05) is 51.3 Å². The second-order valence-corrected chi connectivity index (χ2v) is 12.6. The highest BCUT2D eigenvalue weighted by Gasteiger charge is 2.38. The third-order valence-electron chi connectivity index (χ3n) is 8.55. The number of piperazine rings is 1. The van der Waals surface area contributed by atoms with Crippen molar-refractivity contribution in [3.05, 3.63) is 145 Å². The number of carboxylic acids is 1. The summed E-state index contributed by atoms with van der Waals surface area (Å²) >= 11 is 0. The molecule has 11 nitrogen and oxygen atoms in total. The largest absolute Gasteiger partial charge is 0.490 e. The van der Waals surface area contributed by atoms with Gasteiger partial charge in [0.05, 0.1) is 12.2 Å². The van der Waals surface area contributed by atoms with E-state index < -0.39 is 12.1 Å². The van der Waals surface area contributed by atoms with Crippen LogP contribution in [0.2, 0.25) is 0 Å². The fraction of sp³-hybridized carbons (Fsp3) is 0.214. The second kappa shape index (κ2) is 19.8. The van der Waals surface area contributed by atoms with E-state index in [0.717, 1.165) is 30.0 Å². The minimum absolute atomic E-state index is 0.0298. The molecule has 1 saturated heterocycles. The van der Waals surface area contributed by atoms with Crippen LogP contribution in [0, 0.1) is 0 Å². The summed E-state index contributed by atoms with van der Waals surface area (Å²) in [6.07, 6.45) is -5.00. The van der Waals surface area contributed by atoms with E-state index in [1.165, 1.54) is 5.69 Å². The standard InChI is InChI=1S/C40H41N5O4.C2HF3O2/c41-29-32-10-9-15-36(28-32)49-38-17-8-7-16-37(38)45(30-31-18-20-35(21-19-31)48-34-13-5-2-6-14-34)40(47)23-22-39(46)42-44-26-24-43(25-27-44)33-11-3-1-4-12-33;3-2(4,5)1(6)7/h1-21,28H,22-27,29-30,41H2,(H,42,46);(H,6,7). The van der Waals surface area contributed by atoms with Crippen molar-refractivity contribution in [1.82, 2.24) is 10.4 Å². The number of hydrazine groups is 1. The van der Waals surface area contributed by atoms with Gasteiger partial charge in [0.1, 0.15) is 17.2 Å². The van der Waals surface area contributed by atoms with Crippen molar-refractivity contribution in [2.45, 2.75) is 32.1 Å². The Kier molecular flexibility index (Phi) is 14.4. The molecule has 0 aliphatic carbocycles. The zero-order valence-electron chi connectivity index (χ0n) is 30.4. The van der Waals surface area contributed by atoms with Crippen LogP contribution in [0.5, 0.6) is 23.0 Å². The molecule has 14 heteroatoms. The molecule has 1 aliphatic heterocycles. The van der Waals surface area contributed by atoms with Gasteiger partial charge in [-0.25, -0.2) is 9.80 Å². The number of rotatable bonds is 13. The zero-order valence-corrected chi connectivity index (χ0v) is 30.4. The lowest BCUT2D eigenvalue weighted by Gasteiger charge is -2.36. The van der Waals surface area contributed by atoms with Crippen LogP contribution in [0.3, 0.4) is 0 Å². The number of nitrogens with zero attached hydrogens (tertiary/aromatic N) is 3. The highest BCUT2D eigenvalue weighted by atomic mass is 19.4. The predicted molar refractivity (Wildman–Crippen MR) is 206 cm³/mol. The summed E-state index contributed by atoms with van der Waals surface area (Å²) < 4.78 is 44.0. The van der Waals surface area contributed by atoms with Crippen molar-refractivity contribution in [2.75, 3.05) is 36.0 Å². The molecule has 292 valence electrons. The fourth-order valence-corrected chi connectivity index (χ4v) is 5.71. The van der Waals surface area contributed by atoms with Crippen LogP contribution >= 0.6 is 0 Å². The van der Waals surface area contributed by atoms with Gasteiger partial charge in [-0.15, -0.1) is 0 Å². The Morgan fingerprint density at radius 3 is 1.93 bits per heavy atom. The van der Waals surface area contributed by atoms with E-state index in [0.29, 0.717) is 42.6 Å². The molecule has 4 N–H and O–H groups in total. The summed E-state index contributed by atoms with van der Waals surface area (Å²) in [5, 5.41) is 9.06. The number of amides is 2. The first kappa shape index (κ1) is 40.8. The SMILES string of the molecule is NCc1cccc(Oc2ccccc2N(Cc2ccc(Oc3ccccc3)cc2)C(=O)CCC(=O)NN2CCN(c3ccccc3)CC2)c1.O=C(O)C(F)(F)F. The van der Waals surface area contributed by atoms with Crippen molar-refractivity contribution >= 4 is 29.2 Å². The Bertz CT molecular complexity index is 2030. The minimum atomic E-state index is -5.08. The number of aliphatic carboxylic acids is 1. The van der Waals surface area contributed by atoms with E-state index in [1.807, 2.05) is 126 Å². The van der Waals surface area contributed by atoms with Crippen LogP contribution < -0.4 is 30.4 Å². The molecule has 2 amide bonds. The van der Waals surface area contributed by atoms with E-state index >= 15 is 0 Å². The summed E-state index contributed by atoms with van der Waals surface area (Å²) in [4.78, 5) is 39.9. The second-order valence-electron chi connectivity index (χ2n) is 12.6. The predicted octanol–water partition coefficient (Wildman–Crippen LogP) is 7.53. The number of anilines is 2. The molecule has 0 bridgehead atoms. The zero-order chi connectivity index (χ0) is 39.9. The average molecular weight is 770 g/mol. The quantitative estimate of drug-likeness (QED) is 0.111. The number of carbonyl (C=O) groups excluding carboxylic acids is 2. The average Bonchev–Trinajstić information content (AvgIpc) is 3.21. The van der Waals surface area contributed by atoms with Crippen LogP contribution in [-0.2, 0) is 27.5 Å². The molecule has 0 saturated carbocycles. The maximum Gasteiger partial charge on any atom is 0.490 e. The first-order valence-corrected chi connectivity index (χ1v) is 17.8. The highest BCUT2D eigenvalue weighted by molar-refractivity contribution is 5.96. The van der Waals surface area contributed by atoms with Gasteiger partial charge in [0.25, 0.3) is 0 Å². The van der Waals surface area contributed by atoms with E-state index in [-0.39, 0.29) is 31.2 Å². The number of nitrogens with two attached hydrogens (primary N) is 1. The number of para-hydroxylation sites is 4. The molecule has 1 aliphatic rings. The number of benzene rings is 5. The van der Waals surface area contributed by atoms with Crippen molar-refractivity contribution in [1.29, 1.82) is 0 Å². The van der Waals surface area contributed by atoms with Crippen molar-refractivity contribution in [3.63, 3.8) is 0 Å². The number of ether oxygens (including phenoxy) is 2. The van der Waals surface area contributed by atoms with Gasteiger partial charge in [-0.3, -0.25) is 15.0 Å². The molecule has 1 fully saturated rings. The summed E-state index contributed by atoms with van der Waals surface area (Å²) in [5.74, 6) is -0.558. The molecule has 0 aromatic heterocycles. The van der Waals surface area contributed by atoms with Gasteiger partial charge in [-0.2, -0.15) is 13.2 Å². The number of hydrogen-bond donors (Lipinski definition) is 3. The van der Waals surface area contributed by atoms with Gasteiger partial charge >= 0.3 is 12.1 Å². The molecule has 0 unspecified atom stereocenters.